The van der Waals surface area contributed by atoms with E-state index in [1.165, 1.54) is 0 Å². The zero-order valence-corrected chi connectivity index (χ0v) is 11.5. The summed E-state index contributed by atoms with van der Waals surface area (Å²) in [5.41, 5.74) is -0.968. The predicted octanol–water partition coefficient (Wildman–Crippen LogP) is 2.80. The summed E-state index contributed by atoms with van der Waals surface area (Å²) in [6, 6.07) is 6.46. The normalized spacial score (nSPS) is 11.0. The highest BCUT2D eigenvalue weighted by molar-refractivity contribution is 9.25. The molecule has 17 heavy (non-hydrogen) atoms. The van der Waals surface area contributed by atoms with E-state index in [0.717, 1.165) is 0 Å². The number of Topliss-reactive ketones (excluding diaryl/α,β-unsaturated/α-hetero) is 1. The average molecular weight is 362 g/mol. The van der Waals surface area contributed by atoms with E-state index in [2.05, 4.69) is 31.9 Å². The molecule has 1 aromatic heterocycles. The second kappa shape index (κ2) is 4.62. The first-order valence-electron chi connectivity index (χ1n) is 4.59. The highest BCUT2D eigenvalue weighted by Crippen LogP contribution is 2.28. The molecule has 0 amide bonds. The van der Waals surface area contributed by atoms with Gasteiger partial charge in [0.15, 0.2) is 5.78 Å². The van der Waals surface area contributed by atoms with Crippen molar-refractivity contribution >= 4 is 48.6 Å². The fourth-order valence-electron chi connectivity index (χ4n) is 1.46. The Balaban J connectivity index is 2.81. The molecule has 4 nitrogen and oxygen atoms in total. The van der Waals surface area contributed by atoms with Crippen LogP contribution in [-0.2, 0) is 0 Å². The summed E-state index contributed by atoms with van der Waals surface area (Å²) in [5.74, 6) is -0.937. The monoisotopic (exact) mass is 360 g/mol. The van der Waals surface area contributed by atoms with Gasteiger partial charge in [-0.15, -0.1) is 0 Å². The number of fused-ring (bicyclic) bond motifs is 1. The number of carbonyl (C=O) groups is 1. The van der Waals surface area contributed by atoms with Crippen molar-refractivity contribution in [2.45, 2.75) is 3.74 Å². The first kappa shape index (κ1) is 12.3. The number of rotatable bonds is 2. The van der Waals surface area contributed by atoms with Gasteiger partial charge in [0, 0.05) is 0 Å². The van der Waals surface area contributed by atoms with Crippen molar-refractivity contribution in [2.24, 2.45) is 0 Å². The number of alkyl halides is 2. The molecule has 2 rings (SSSR count). The van der Waals surface area contributed by atoms with Gasteiger partial charge in [-0.2, -0.15) is 0 Å². The van der Waals surface area contributed by atoms with Crippen LogP contribution in [0.5, 0.6) is 5.75 Å². The molecule has 1 N–H and O–H groups in total. The molecular weight excluding hydrogens is 356 g/mol. The highest BCUT2D eigenvalue weighted by Gasteiger charge is 2.24. The van der Waals surface area contributed by atoms with Gasteiger partial charge < -0.3 is 9.52 Å². The van der Waals surface area contributed by atoms with Crippen LogP contribution in [0.2, 0.25) is 0 Å². The molecule has 0 spiro atoms. The predicted molar refractivity (Wildman–Crippen MR) is 70.1 cm³/mol. The minimum atomic E-state index is -0.852. The Kier molecular flexibility index (Phi) is 3.35. The molecule has 0 unspecified atom stereocenters. The van der Waals surface area contributed by atoms with Gasteiger partial charge in [0.05, 0.1) is 5.39 Å². The molecular formula is C11H6Br2O4. The molecule has 6 heteroatoms. The van der Waals surface area contributed by atoms with Gasteiger partial charge >= 0.3 is 5.63 Å². The fraction of sp³-hybridized carbons (Fsp3) is 0.0909. The van der Waals surface area contributed by atoms with Crippen molar-refractivity contribution in [3.05, 3.63) is 40.2 Å². The lowest BCUT2D eigenvalue weighted by Crippen LogP contribution is -2.18. The third-order valence-electron chi connectivity index (χ3n) is 2.23. The van der Waals surface area contributed by atoms with Crippen molar-refractivity contribution in [3.8, 4) is 5.75 Å². The minimum absolute atomic E-state index is 0.243. The minimum Gasteiger partial charge on any atom is -0.506 e. The summed E-state index contributed by atoms with van der Waals surface area (Å²) < 4.78 is 4.22. The van der Waals surface area contributed by atoms with Crippen LogP contribution in [0.3, 0.4) is 0 Å². The number of benzene rings is 1. The summed E-state index contributed by atoms with van der Waals surface area (Å²) in [6.45, 7) is 0. The molecule has 0 aliphatic rings. The topological polar surface area (TPSA) is 67.5 Å². The van der Waals surface area contributed by atoms with Gasteiger partial charge in [-0.25, -0.2) is 4.79 Å². The Morgan fingerprint density at radius 2 is 1.94 bits per heavy atom. The molecule has 0 aliphatic carbocycles. The summed E-state index contributed by atoms with van der Waals surface area (Å²) in [5, 5.41) is 10.3. The van der Waals surface area contributed by atoms with Crippen molar-refractivity contribution < 1.29 is 14.3 Å². The number of para-hydroxylation sites is 1. The quantitative estimate of drug-likeness (QED) is 0.507. The molecule has 2 aromatic rings. The van der Waals surface area contributed by atoms with E-state index in [9.17, 15) is 14.7 Å². The van der Waals surface area contributed by atoms with E-state index < -0.39 is 15.1 Å². The maximum absolute atomic E-state index is 11.7. The number of carbonyl (C=O) groups excluding carboxylic acids is 1. The number of hydrogen-bond donors (Lipinski definition) is 1. The summed E-state index contributed by atoms with van der Waals surface area (Å²) in [4.78, 5) is 23.3. The van der Waals surface area contributed by atoms with Crippen LogP contribution in [0, 0.1) is 0 Å². The van der Waals surface area contributed by atoms with E-state index in [1.54, 1.807) is 24.3 Å². The molecule has 0 bridgehead atoms. The van der Waals surface area contributed by atoms with E-state index in [4.69, 9.17) is 4.42 Å². The van der Waals surface area contributed by atoms with Gasteiger partial charge in [0.1, 0.15) is 20.6 Å². The van der Waals surface area contributed by atoms with Crippen molar-refractivity contribution in [3.63, 3.8) is 0 Å². The second-order valence-corrected chi connectivity index (χ2v) is 6.33. The van der Waals surface area contributed by atoms with Gasteiger partial charge in [0.2, 0.25) is 0 Å². The lowest BCUT2D eigenvalue weighted by molar-refractivity contribution is 0.101. The van der Waals surface area contributed by atoms with E-state index in [-0.39, 0.29) is 16.9 Å². The molecule has 0 aliphatic heterocycles. The highest BCUT2D eigenvalue weighted by atomic mass is 79.9. The van der Waals surface area contributed by atoms with Gasteiger partial charge in [-0.05, 0) is 12.1 Å². The maximum atomic E-state index is 11.7. The van der Waals surface area contributed by atoms with Crippen LogP contribution >= 0.6 is 31.9 Å². The lowest BCUT2D eigenvalue weighted by atomic mass is 10.1. The number of hydrogen-bond acceptors (Lipinski definition) is 4. The van der Waals surface area contributed by atoms with E-state index >= 15 is 0 Å². The molecule has 0 radical (unpaired) electrons. The zero-order chi connectivity index (χ0) is 12.6. The lowest BCUT2D eigenvalue weighted by Gasteiger charge is -2.05. The molecule has 1 aromatic carbocycles. The zero-order valence-electron chi connectivity index (χ0n) is 8.31. The van der Waals surface area contributed by atoms with Crippen LogP contribution in [0.4, 0.5) is 0 Å². The summed E-state index contributed by atoms with van der Waals surface area (Å²) in [7, 11) is 0. The van der Waals surface area contributed by atoms with Crippen LogP contribution in [-0.4, -0.2) is 14.6 Å². The van der Waals surface area contributed by atoms with Gasteiger partial charge in [0.25, 0.3) is 0 Å². The average Bonchev–Trinajstić information content (AvgIpc) is 2.28. The standard InChI is InChI=1S/C11H6Br2O4/c12-10(13)9(15)7-8(14)5-3-1-2-4-6(5)17-11(7)16/h1-4,10,14H. The van der Waals surface area contributed by atoms with Crippen LogP contribution in [0.15, 0.2) is 33.5 Å². The van der Waals surface area contributed by atoms with E-state index in [0.29, 0.717) is 5.39 Å². The van der Waals surface area contributed by atoms with Crippen LogP contribution in [0.1, 0.15) is 10.4 Å². The van der Waals surface area contributed by atoms with Crippen LogP contribution in [0.25, 0.3) is 11.0 Å². The Morgan fingerprint density at radius 3 is 2.59 bits per heavy atom. The van der Waals surface area contributed by atoms with Crippen LogP contribution < -0.4 is 5.63 Å². The molecule has 0 saturated heterocycles. The number of aromatic hydroxyl groups is 1. The van der Waals surface area contributed by atoms with Crippen molar-refractivity contribution in [1.29, 1.82) is 0 Å². The SMILES string of the molecule is O=C(c1c(O)c2ccccc2oc1=O)C(Br)Br. The summed E-state index contributed by atoms with van der Waals surface area (Å²) >= 11 is 5.97. The third kappa shape index (κ3) is 2.14. The molecule has 0 saturated carbocycles. The number of ketones is 1. The smallest absolute Gasteiger partial charge is 0.351 e. The van der Waals surface area contributed by atoms with E-state index in [1.807, 2.05) is 0 Å². The molecule has 1 heterocycles. The van der Waals surface area contributed by atoms with Crippen molar-refractivity contribution in [1.82, 2.24) is 0 Å². The second-order valence-electron chi connectivity index (χ2n) is 3.27. The first-order valence-corrected chi connectivity index (χ1v) is 6.42. The fourth-order valence-corrected chi connectivity index (χ4v) is 1.92. The number of halogens is 2. The Labute approximate surface area is 113 Å². The van der Waals surface area contributed by atoms with Gasteiger partial charge in [-0.3, -0.25) is 4.79 Å². The first-order chi connectivity index (χ1) is 8.02. The van der Waals surface area contributed by atoms with Crippen molar-refractivity contribution in [2.75, 3.05) is 0 Å². The Hall–Kier alpha value is -1.14. The summed E-state index contributed by atoms with van der Waals surface area (Å²) in [6.07, 6.45) is 0. The Bertz CT molecular complexity index is 645. The third-order valence-corrected chi connectivity index (χ3v) is 3.06. The largest absolute Gasteiger partial charge is 0.506 e. The van der Waals surface area contributed by atoms with Gasteiger partial charge in [-0.1, -0.05) is 44.0 Å². The molecule has 0 fully saturated rings. The maximum Gasteiger partial charge on any atom is 0.351 e. The Morgan fingerprint density at radius 1 is 1.29 bits per heavy atom. The molecule has 88 valence electrons. The molecule has 0 atom stereocenters.